The number of imidazole rings is 1. The summed E-state index contributed by atoms with van der Waals surface area (Å²) in [6, 6.07) is 7.66. The number of hydrogen-bond acceptors (Lipinski definition) is 5. The van der Waals surface area contributed by atoms with Gasteiger partial charge in [-0.3, -0.25) is 14.9 Å². The van der Waals surface area contributed by atoms with Crippen LogP contribution in [0.4, 0.5) is 19.1 Å². The standard InChI is InChI=1S/C25H27F3N4O4/c1-32-9-3-6-18(23(32)36)19-12-21-20(11-14(19)7-8-17(34)13-33)29-24(30-21)31-22(35)15-4-2-5-16(10-15)25(26,27)28/h2,4-5,10-12,17-18,33-34H,3,6-9,13H2,1H3,(H2,29,30,31,35)/t17-,18+/m0/s1. The Labute approximate surface area is 205 Å². The highest BCUT2D eigenvalue weighted by Gasteiger charge is 2.32. The maximum atomic E-state index is 13.0. The number of hydrogen-bond donors (Lipinski definition) is 4. The van der Waals surface area contributed by atoms with Gasteiger partial charge in [0.25, 0.3) is 5.91 Å². The number of likely N-dealkylation sites (tertiary alicyclic amines) is 1. The second-order valence-corrected chi connectivity index (χ2v) is 9.02. The molecule has 0 bridgehead atoms. The van der Waals surface area contributed by atoms with Crippen molar-refractivity contribution in [1.29, 1.82) is 0 Å². The number of aliphatic hydroxyl groups is 2. The normalized spacial score (nSPS) is 17.4. The van der Waals surface area contributed by atoms with Crippen LogP contribution in [0, 0.1) is 0 Å². The van der Waals surface area contributed by atoms with Gasteiger partial charge in [-0.1, -0.05) is 6.07 Å². The molecule has 1 aliphatic heterocycles. The molecule has 192 valence electrons. The molecule has 1 saturated heterocycles. The number of H-pyrrole nitrogens is 1. The molecule has 0 aliphatic carbocycles. The number of aryl methyl sites for hydroxylation is 1. The number of aliphatic hydroxyl groups excluding tert-OH is 2. The van der Waals surface area contributed by atoms with Crippen molar-refractivity contribution in [3.8, 4) is 0 Å². The molecule has 11 heteroatoms. The van der Waals surface area contributed by atoms with Crippen molar-refractivity contribution in [3.05, 3.63) is 58.7 Å². The molecular formula is C25H27F3N4O4. The minimum absolute atomic E-state index is 0.0156. The van der Waals surface area contributed by atoms with Crippen LogP contribution in [0.2, 0.25) is 0 Å². The van der Waals surface area contributed by atoms with E-state index in [1.807, 2.05) is 0 Å². The quantitative estimate of drug-likeness (QED) is 0.393. The van der Waals surface area contributed by atoms with Crippen LogP contribution in [0.1, 0.15) is 52.2 Å². The average Bonchev–Trinajstić information content (AvgIpc) is 3.24. The second-order valence-electron chi connectivity index (χ2n) is 9.02. The lowest BCUT2D eigenvalue weighted by atomic mass is 9.85. The van der Waals surface area contributed by atoms with E-state index >= 15 is 0 Å². The minimum atomic E-state index is -4.57. The third-order valence-corrected chi connectivity index (χ3v) is 6.42. The van der Waals surface area contributed by atoms with Gasteiger partial charge in [0.15, 0.2) is 0 Å². The minimum Gasteiger partial charge on any atom is -0.394 e. The summed E-state index contributed by atoms with van der Waals surface area (Å²) in [6.07, 6.45) is -3.28. The van der Waals surface area contributed by atoms with Gasteiger partial charge in [-0.05, 0) is 67.1 Å². The predicted molar refractivity (Wildman–Crippen MR) is 127 cm³/mol. The molecule has 0 radical (unpaired) electrons. The van der Waals surface area contributed by atoms with Gasteiger partial charge in [-0.15, -0.1) is 0 Å². The van der Waals surface area contributed by atoms with E-state index in [0.29, 0.717) is 36.8 Å². The summed E-state index contributed by atoms with van der Waals surface area (Å²) in [5.41, 5.74) is 1.52. The first kappa shape index (κ1) is 25.6. The zero-order valence-corrected chi connectivity index (χ0v) is 19.6. The second kappa shape index (κ2) is 10.3. The van der Waals surface area contributed by atoms with Crippen molar-refractivity contribution in [2.24, 2.45) is 0 Å². The van der Waals surface area contributed by atoms with Gasteiger partial charge in [0.05, 0.1) is 35.2 Å². The summed E-state index contributed by atoms with van der Waals surface area (Å²) in [5.74, 6) is -1.10. The van der Waals surface area contributed by atoms with Crippen molar-refractivity contribution in [2.75, 3.05) is 25.5 Å². The molecule has 0 spiro atoms. The first-order valence-corrected chi connectivity index (χ1v) is 11.6. The number of likely N-dealkylation sites (N-methyl/N-ethyl adjacent to an activating group) is 1. The van der Waals surface area contributed by atoms with Crippen LogP contribution in [0.15, 0.2) is 36.4 Å². The van der Waals surface area contributed by atoms with Gasteiger partial charge in [0.2, 0.25) is 11.9 Å². The lowest BCUT2D eigenvalue weighted by molar-refractivity contribution is -0.137. The molecule has 0 saturated carbocycles. The molecule has 2 amide bonds. The lowest BCUT2D eigenvalue weighted by Gasteiger charge is -2.30. The zero-order valence-electron chi connectivity index (χ0n) is 19.6. The lowest BCUT2D eigenvalue weighted by Crippen LogP contribution is -2.37. The fourth-order valence-corrected chi connectivity index (χ4v) is 4.47. The van der Waals surface area contributed by atoms with E-state index in [1.165, 1.54) is 6.07 Å². The molecule has 2 heterocycles. The fourth-order valence-electron chi connectivity index (χ4n) is 4.47. The molecular weight excluding hydrogens is 477 g/mol. The highest BCUT2D eigenvalue weighted by molar-refractivity contribution is 6.04. The third kappa shape index (κ3) is 5.52. The van der Waals surface area contributed by atoms with Crippen LogP contribution in [0.25, 0.3) is 11.0 Å². The average molecular weight is 505 g/mol. The molecule has 1 aliphatic rings. The number of halogens is 3. The molecule has 1 aromatic heterocycles. The number of rotatable bonds is 7. The van der Waals surface area contributed by atoms with E-state index in [0.717, 1.165) is 35.7 Å². The fraction of sp³-hybridized carbons (Fsp3) is 0.400. The Balaban J connectivity index is 1.65. The number of nitrogens with zero attached hydrogens (tertiary/aromatic N) is 2. The number of carbonyl (C=O) groups excluding carboxylic acids is 2. The molecule has 2 atom stereocenters. The van der Waals surface area contributed by atoms with E-state index in [2.05, 4.69) is 15.3 Å². The number of alkyl halides is 3. The van der Waals surface area contributed by atoms with Gasteiger partial charge in [-0.2, -0.15) is 13.2 Å². The zero-order chi connectivity index (χ0) is 26.0. The molecule has 4 rings (SSSR count). The van der Waals surface area contributed by atoms with Gasteiger partial charge < -0.3 is 20.1 Å². The molecule has 3 aromatic rings. The summed E-state index contributed by atoms with van der Waals surface area (Å²) in [6.45, 7) is 0.294. The molecule has 8 nitrogen and oxygen atoms in total. The molecule has 2 aromatic carbocycles. The van der Waals surface area contributed by atoms with Crippen molar-refractivity contribution in [3.63, 3.8) is 0 Å². The molecule has 4 N–H and O–H groups in total. The highest BCUT2D eigenvalue weighted by atomic mass is 19.4. The van der Waals surface area contributed by atoms with Crippen LogP contribution in [0.3, 0.4) is 0 Å². The number of nitrogens with one attached hydrogen (secondary N) is 2. The summed E-state index contributed by atoms with van der Waals surface area (Å²) in [4.78, 5) is 34.5. The van der Waals surface area contributed by atoms with Gasteiger partial charge in [0.1, 0.15) is 0 Å². The Kier molecular flexibility index (Phi) is 7.32. The maximum absolute atomic E-state index is 13.0. The summed E-state index contributed by atoms with van der Waals surface area (Å²) >= 11 is 0. The van der Waals surface area contributed by atoms with Crippen LogP contribution < -0.4 is 5.32 Å². The van der Waals surface area contributed by atoms with Crippen molar-refractivity contribution >= 4 is 28.8 Å². The Morgan fingerprint density at radius 2 is 2.08 bits per heavy atom. The number of amides is 2. The summed E-state index contributed by atoms with van der Waals surface area (Å²) in [5, 5.41) is 21.5. The largest absolute Gasteiger partial charge is 0.416 e. The van der Waals surface area contributed by atoms with Gasteiger partial charge in [-0.25, -0.2) is 4.98 Å². The molecule has 0 unspecified atom stereocenters. The van der Waals surface area contributed by atoms with Crippen molar-refractivity contribution in [1.82, 2.24) is 14.9 Å². The Hall–Kier alpha value is -3.44. The van der Waals surface area contributed by atoms with E-state index < -0.39 is 23.8 Å². The number of carbonyl (C=O) groups is 2. The molecule has 1 fully saturated rings. The van der Waals surface area contributed by atoms with Crippen LogP contribution in [-0.4, -0.2) is 63.2 Å². The number of fused-ring (bicyclic) bond motifs is 1. The maximum Gasteiger partial charge on any atom is 0.416 e. The first-order chi connectivity index (χ1) is 17.1. The Morgan fingerprint density at radius 1 is 1.31 bits per heavy atom. The third-order valence-electron chi connectivity index (χ3n) is 6.42. The number of aromatic amines is 1. The first-order valence-electron chi connectivity index (χ1n) is 11.6. The van der Waals surface area contributed by atoms with Crippen LogP contribution in [-0.2, 0) is 17.4 Å². The topological polar surface area (TPSA) is 119 Å². The molecule has 36 heavy (non-hydrogen) atoms. The highest BCUT2D eigenvalue weighted by Crippen LogP contribution is 2.34. The Bertz CT molecular complexity index is 1270. The summed E-state index contributed by atoms with van der Waals surface area (Å²) in [7, 11) is 1.75. The number of piperidine rings is 1. The summed E-state index contributed by atoms with van der Waals surface area (Å²) < 4.78 is 39.0. The van der Waals surface area contributed by atoms with Crippen LogP contribution >= 0.6 is 0 Å². The Morgan fingerprint density at radius 3 is 2.81 bits per heavy atom. The SMILES string of the molecule is CN1CCC[C@H](c2cc3nc(NC(=O)c4cccc(C(F)(F)F)c4)[nH]c3cc2CC[C@H](O)CO)C1=O. The van der Waals surface area contributed by atoms with Gasteiger partial charge >= 0.3 is 6.18 Å². The monoisotopic (exact) mass is 504 g/mol. The van der Waals surface area contributed by atoms with E-state index in [4.69, 9.17) is 0 Å². The van der Waals surface area contributed by atoms with Crippen LogP contribution in [0.5, 0.6) is 0 Å². The van der Waals surface area contributed by atoms with Crippen molar-refractivity contribution in [2.45, 2.75) is 43.9 Å². The smallest absolute Gasteiger partial charge is 0.394 e. The number of anilines is 1. The van der Waals surface area contributed by atoms with Crippen molar-refractivity contribution < 1.29 is 33.0 Å². The van der Waals surface area contributed by atoms with E-state index in [1.54, 1.807) is 24.1 Å². The number of benzene rings is 2. The van der Waals surface area contributed by atoms with E-state index in [9.17, 15) is 33.0 Å². The predicted octanol–water partition coefficient (Wildman–Crippen LogP) is 3.46. The van der Waals surface area contributed by atoms with Gasteiger partial charge in [0, 0.05) is 19.2 Å². The number of aromatic nitrogens is 2. The van der Waals surface area contributed by atoms with E-state index in [-0.39, 0.29) is 29.9 Å².